The minimum absolute atomic E-state index is 0.123. The van der Waals surface area contributed by atoms with Gasteiger partial charge in [-0.1, -0.05) is 65.8 Å². The molecule has 0 unspecified atom stereocenters. The molecule has 0 aliphatic carbocycles. The molecule has 4 rings (SSSR count). The van der Waals surface area contributed by atoms with E-state index >= 15 is 0 Å². The first-order valence-electron chi connectivity index (χ1n) is 8.61. The van der Waals surface area contributed by atoms with Gasteiger partial charge >= 0.3 is 0 Å². The van der Waals surface area contributed by atoms with Crippen molar-refractivity contribution in [2.24, 2.45) is 0 Å². The average molecular weight is 410 g/mol. The Morgan fingerprint density at radius 3 is 2.75 bits per heavy atom. The Kier molecular flexibility index (Phi) is 5.27. The van der Waals surface area contributed by atoms with Crippen LogP contribution in [0.4, 0.5) is 5.69 Å². The first-order chi connectivity index (χ1) is 13.6. The number of aromatic nitrogens is 4. The lowest BCUT2D eigenvalue weighted by Crippen LogP contribution is -2.23. The second-order valence-electron chi connectivity index (χ2n) is 6.13. The summed E-state index contributed by atoms with van der Waals surface area (Å²) in [5.74, 6) is -0.123. The number of anilines is 1. The van der Waals surface area contributed by atoms with E-state index in [-0.39, 0.29) is 5.91 Å². The second kappa shape index (κ2) is 8.00. The third-order valence-corrected chi connectivity index (χ3v) is 5.46. The van der Waals surface area contributed by atoms with Crippen LogP contribution in [-0.4, -0.2) is 31.4 Å². The highest BCUT2D eigenvalue weighted by Crippen LogP contribution is 2.27. The van der Waals surface area contributed by atoms with Crippen molar-refractivity contribution in [2.75, 3.05) is 5.32 Å². The minimum Gasteiger partial charge on any atom is -0.325 e. The molecule has 0 saturated heterocycles. The van der Waals surface area contributed by atoms with E-state index in [4.69, 9.17) is 11.6 Å². The third-order valence-electron chi connectivity index (χ3n) is 4.19. The predicted molar refractivity (Wildman–Crippen MR) is 112 cm³/mol. The van der Waals surface area contributed by atoms with Crippen LogP contribution in [0.3, 0.4) is 0 Å². The van der Waals surface area contributed by atoms with E-state index in [0.29, 0.717) is 10.2 Å². The van der Waals surface area contributed by atoms with Crippen molar-refractivity contribution in [3.8, 4) is 5.69 Å². The lowest BCUT2D eigenvalue weighted by molar-refractivity contribution is -0.115. The van der Waals surface area contributed by atoms with E-state index in [9.17, 15) is 4.79 Å². The van der Waals surface area contributed by atoms with Crippen LogP contribution in [0.15, 0.2) is 71.9 Å². The van der Waals surface area contributed by atoms with Crippen molar-refractivity contribution >= 4 is 45.7 Å². The van der Waals surface area contributed by atoms with E-state index in [0.717, 1.165) is 22.1 Å². The van der Waals surface area contributed by atoms with Crippen molar-refractivity contribution in [3.05, 3.63) is 71.8 Å². The van der Waals surface area contributed by atoms with Crippen molar-refractivity contribution in [3.63, 3.8) is 0 Å². The number of nitrogens with zero attached hydrogens (tertiary/aromatic N) is 4. The van der Waals surface area contributed by atoms with Gasteiger partial charge in [-0.3, -0.25) is 4.79 Å². The summed E-state index contributed by atoms with van der Waals surface area (Å²) in [7, 11) is 0. The largest absolute Gasteiger partial charge is 0.325 e. The summed E-state index contributed by atoms with van der Waals surface area (Å²) in [5.41, 5.74) is 1.52. The number of carbonyl (C=O) groups excluding carboxylic acids is 1. The van der Waals surface area contributed by atoms with Gasteiger partial charge in [0.05, 0.1) is 10.9 Å². The SMILES string of the molecule is C[C@H](Sc1nnnn1-c1cccc(Cl)c1)C(=O)Nc1cccc2ccccc12. The molecule has 0 aliphatic rings. The van der Waals surface area contributed by atoms with Gasteiger partial charge in [0, 0.05) is 16.1 Å². The fourth-order valence-corrected chi connectivity index (χ4v) is 3.79. The van der Waals surface area contributed by atoms with E-state index in [1.54, 1.807) is 16.8 Å². The molecule has 0 bridgehead atoms. The Balaban J connectivity index is 1.52. The van der Waals surface area contributed by atoms with Gasteiger partial charge in [-0.25, -0.2) is 0 Å². The summed E-state index contributed by atoms with van der Waals surface area (Å²) >= 11 is 7.34. The van der Waals surface area contributed by atoms with E-state index in [2.05, 4.69) is 20.8 Å². The highest BCUT2D eigenvalue weighted by atomic mass is 35.5. The van der Waals surface area contributed by atoms with Crippen LogP contribution in [0, 0.1) is 0 Å². The highest BCUT2D eigenvalue weighted by Gasteiger charge is 2.20. The summed E-state index contributed by atoms with van der Waals surface area (Å²) in [6.45, 7) is 1.82. The molecular weight excluding hydrogens is 394 g/mol. The topological polar surface area (TPSA) is 72.7 Å². The third kappa shape index (κ3) is 3.85. The van der Waals surface area contributed by atoms with Gasteiger partial charge in [-0.2, -0.15) is 4.68 Å². The van der Waals surface area contributed by atoms with Crippen LogP contribution in [0.25, 0.3) is 16.5 Å². The van der Waals surface area contributed by atoms with Crippen LogP contribution >= 0.6 is 23.4 Å². The van der Waals surface area contributed by atoms with Crippen molar-refractivity contribution < 1.29 is 4.79 Å². The van der Waals surface area contributed by atoms with Crippen LogP contribution in [-0.2, 0) is 4.79 Å². The Morgan fingerprint density at radius 1 is 1.11 bits per heavy atom. The van der Waals surface area contributed by atoms with Gasteiger partial charge in [-0.15, -0.1) is 5.10 Å². The molecule has 28 heavy (non-hydrogen) atoms. The smallest absolute Gasteiger partial charge is 0.237 e. The molecule has 0 saturated carbocycles. The zero-order chi connectivity index (χ0) is 19.5. The number of thioether (sulfide) groups is 1. The molecule has 4 aromatic rings. The molecule has 3 aromatic carbocycles. The number of nitrogens with one attached hydrogen (secondary N) is 1. The van der Waals surface area contributed by atoms with E-state index in [1.807, 2.05) is 61.5 Å². The number of tetrazole rings is 1. The number of amides is 1. The molecule has 1 aromatic heterocycles. The quantitative estimate of drug-likeness (QED) is 0.488. The number of fused-ring (bicyclic) bond motifs is 1. The Hall–Kier alpha value is -2.90. The van der Waals surface area contributed by atoms with Crippen molar-refractivity contribution in [1.29, 1.82) is 0 Å². The molecular formula is C20H16ClN5OS. The Morgan fingerprint density at radius 2 is 1.89 bits per heavy atom. The van der Waals surface area contributed by atoms with Crippen LogP contribution < -0.4 is 5.32 Å². The molecule has 1 heterocycles. The van der Waals surface area contributed by atoms with Gasteiger partial charge < -0.3 is 5.32 Å². The molecule has 1 N–H and O–H groups in total. The molecule has 140 valence electrons. The molecule has 1 atom stereocenters. The number of hydrogen-bond acceptors (Lipinski definition) is 5. The molecule has 1 amide bonds. The van der Waals surface area contributed by atoms with Gasteiger partial charge in [0.25, 0.3) is 0 Å². The maximum absolute atomic E-state index is 12.8. The molecule has 8 heteroatoms. The monoisotopic (exact) mass is 409 g/mol. The summed E-state index contributed by atoms with van der Waals surface area (Å²) < 4.78 is 1.57. The van der Waals surface area contributed by atoms with Gasteiger partial charge in [0.15, 0.2) is 0 Å². The number of halogens is 1. The van der Waals surface area contributed by atoms with Crippen LogP contribution in [0.5, 0.6) is 0 Å². The summed E-state index contributed by atoms with van der Waals surface area (Å²) in [6, 6.07) is 21.0. The number of hydrogen-bond donors (Lipinski definition) is 1. The minimum atomic E-state index is -0.400. The maximum atomic E-state index is 12.8. The number of rotatable bonds is 5. The second-order valence-corrected chi connectivity index (χ2v) is 7.87. The molecule has 0 aliphatic heterocycles. The Bertz CT molecular complexity index is 1140. The van der Waals surface area contributed by atoms with Crippen LogP contribution in [0.2, 0.25) is 5.02 Å². The average Bonchev–Trinajstić information content (AvgIpc) is 3.16. The van der Waals surface area contributed by atoms with E-state index < -0.39 is 5.25 Å². The standard InChI is InChI=1S/C20H16ClN5OS/c1-13(19(27)22-18-11-4-7-14-6-2-3-10-17(14)18)28-20-23-24-25-26(20)16-9-5-8-15(21)12-16/h2-13H,1H3,(H,22,27)/t13-/m0/s1. The normalized spacial score (nSPS) is 12.1. The first kappa shape index (κ1) is 18.5. The first-order valence-corrected chi connectivity index (χ1v) is 9.87. The maximum Gasteiger partial charge on any atom is 0.237 e. The lowest BCUT2D eigenvalue weighted by atomic mass is 10.1. The van der Waals surface area contributed by atoms with Gasteiger partial charge in [-0.05, 0) is 47.0 Å². The van der Waals surface area contributed by atoms with E-state index in [1.165, 1.54) is 11.8 Å². The van der Waals surface area contributed by atoms with Gasteiger partial charge in [0.2, 0.25) is 11.1 Å². The molecule has 0 radical (unpaired) electrons. The fourth-order valence-electron chi connectivity index (χ4n) is 2.80. The zero-order valence-electron chi connectivity index (χ0n) is 14.9. The predicted octanol–water partition coefficient (Wildman–Crippen LogP) is 4.59. The molecule has 6 nitrogen and oxygen atoms in total. The van der Waals surface area contributed by atoms with Crippen molar-refractivity contribution in [2.45, 2.75) is 17.3 Å². The fraction of sp³-hybridized carbons (Fsp3) is 0.100. The highest BCUT2D eigenvalue weighted by molar-refractivity contribution is 8.00. The summed E-state index contributed by atoms with van der Waals surface area (Å²) in [5, 5.41) is 17.6. The molecule has 0 fully saturated rings. The number of benzene rings is 3. The summed E-state index contributed by atoms with van der Waals surface area (Å²) in [4.78, 5) is 12.8. The van der Waals surface area contributed by atoms with Crippen molar-refractivity contribution in [1.82, 2.24) is 20.2 Å². The lowest BCUT2D eigenvalue weighted by Gasteiger charge is -2.13. The number of carbonyl (C=O) groups is 1. The van der Waals surface area contributed by atoms with Crippen LogP contribution in [0.1, 0.15) is 6.92 Å². The Labute approximate surface area is 170 Å². The zero-order valence-corrected chi connectivity index (χ0v) is 16.5. The molecule has 0 spiro atoms. The summed E-state index contributed by atoms with van der Waals surface area (Å²) in [6.07, 6.45) is 0. The van der Waals surface area contributed by atoms with Gasteiger partial charge in [0.1, 0.15) is 0 Å².